The second kappa shape index (κ2) is 5.13. The third-order valence-corrected chi connectivity index (χ3v) is 2.80. The van der Waals surface area contributed by atoms with Gasteiger partial charge in [-0.3, -0.25) is 4.72 Å². The van der Waals surface area contributed by atoms with Crippen LogP contribution in [0.15, 0.2) is 18.2 Å². The summed E-state index contributed by atoms with van der Waals surface area (Å²) in [5, 5.41) is 0. The van der Waals surface area contributed by atoms with Crippen LogP contribution in [0.1, 0.15) is 13.3 Å². The van der Waals surface area contributed by atoms with Gasteiger partial charge in [0, 0.05) is 12.2 Å². The Kier molecular flexibility index (Phi) is 4.08. The van der Waals surface area contributed by atoms with Gasteiger partial charge >= 0.3 is 0 Å². The number of halogens is 1. The third-order valence-electron chi connectivity index (χ3n) is 1.71. The van der Waals surface area contributed by atoms with Crippen LogP contribution in [0.25, 0.3) is 0 Å². The molecule has 7 heteroatoms. The zero-order valence-corrected chi connectivity index (χ0v) is 9.64. The normalized spacial score (nSPS) is 11.4. The van der Waals surface area contributed by atoms with Crippen molar-refractivity contribution >= 4 is 21.6 Å². The van der Waals surface area contributed by atoms with Crippen LogP contribution in [0, 0.1) is 5.82 Å². The van der Waals surface area contributed by atoms with Crippen LogP contribution in [0.4, 0.5) is 15.8 Å². The van der Waals surface area contributed by atoms with Gasteiger partial charge in [-0.05, 0) is 24.6 Å². The number of hydrogen-bond donors (Lipinski definition) is 3. The molecule has 90 valence electrons. The van der Waals surface area contributed by atoms with Crippen LogP contribution < -0.4 is 15.2 Å². The molecule has 0 amide bonds. The van der Waals surface area contributed by atoms with Crippen molar-refractivity contribution in [1.29, 1.82) is 0 Å². The van der Waals surface area contributed by atoms with E-state index >= 15 is 0 Å². The molecule has 1 rings (SSSR count). The van der Waals surface area contributed by atoms with E-state index in [2.05, 4.69) is 9.44 Å². The van der Waals surface area contributed by atoms with Crippen molar-refractivity contribution in [1.82, 2.24) is 4.72 Å². The molecule has 0 bridgehead atoms. The SMILES string of the molecule is CCCNS(=O)(=O)Nc1cc(N)cc(F)c1. The maximum absolute atomic E-state index is 12.9. The molecule has 0 aliphatic rings. The molecule has 1 aromatic carbocycles. The Labute approximate surface area is 94.0 Å². The Morgan fingerprint density at radius 3 is 2.62 bits per heavy atom. The first-order chi connectivity index (χ1) is 7.43. The quantitative estimate of drug-likeness (QED) is 0.680. The number of benzene rings is 1. The third kappa shape index (κ3) is 4.03. The van der Waals surface area contributed by atoms with Gasteiger partial charge in [-0.25, -0.2) is 4.39 Å². The average molecular weight is 247 g/mol. The van der Waals surface area contributed by atoms with E-state index in [1.54, 1.807) is 0 Å². The van der Waals surface area contributed by atoms with E-state index in [-0.39, 0.29) is 11.4 Å². The molecule has 0 heterocycles. The van der Waals surface area contributed by atoms with Crippen molar-refractivity contribution in [3.05, 3.63) is 24.0 Å². The minimum atomic E-state index is -3.65. The van der Waals surface area contributed by atoms with Crippen LogP contribution in [0.3, 0.4) is 0 Å². The van der Waals surface area contributed by atoms with Gasteiger partial charge < -0.3 is 5.73 Å². The van der Waals surface area contributed by atoms with E-state index in [0.717, 1.165) is 12.1 Å². The van der Waals surface area contributed by atoms with Gasteiger partial charge in [0.1, 0.15) is 5.82 Å². The van der Waals surface area contributed by atoms with E-state index < -0.39 is 16.0 Å². The standard InChI is InChI=1S/C9H14FN3O2S/c1-2-3-12-16(14,15)13-9-5-7(10)4-8(11)6-9/h4-6,12-13H,2-3,11H2,1H3. The van der Waals surface area contributed by atoms with Crippen molar-refractivity contribution in [3.63, 3.8) is 0 Å². The molecule has 0 aliphatic carbocycles. The molecule has 0 radical (unpaired) electrons. The summed E-state index contributed by atoms with van der Waals surface area (Å²) in [7, 11) is -3.65. The summed E-state index contributed by atoms with van der Waals surface area (Å²) in [6, 6.07) is 3.51. The predicted octanol–water partition coefficient (Wildman–Crippen LogP) is 1.06. The van der Waals surface area contributed by atoms with Crippen molar-refractivity contribution in [2.75, 3.05) is 17.0 Å². The molecule has 0 fully saturated rings. The molecule has 0 unspecified atom stereocenters. The molecule has 0 saturated heterocycles. The lowest BCUT2D eigenvalue weighted by molar-refractivity contribution is 0.586. The first kappa shape index (κ1) is 12.7. The molecule has 4 N–H and O–H groups in total. The Bertz CT molecular complexity index is 442. The maximum Gasteiger partial charge on any atom is 0.299 e. The van der Waals surface area contributed by atoms with Gasteiger partial charge in [-0.15, -0.1) is 0 Å². The minimum absolute atomic E-state index is 0.0982. The lowest BCUT2D eigenvalue weighted by Crippen LogP contribution is -2.30. The Balaban J connectivity index is 2.80. The second-order valence-corrected chi connectivity index (χ2v) is 4.77. The van der Waals surface area contributed by atoms with Crippen molar-refractivity contribution in [2.45, 2.75) is 13.3 Å². The van der Waals surface area contributed by atoms with Crippen LogP contribution in [-0.2, 0) is 10.2 Å². The molecular weight excluding hydrogens is 233 g/mol. The van der Waals surface area contributed by atoms with Crippen molar-refractivity contribution in [2.24, 2.45) is 0 Å². The zero-order chi connectivity index (χ0) is 12.2. The highest BCUT2D eigenvalue weighted by Gasteiger charge is 2.09. The summed E-state index contributed by atoms with van der Waals surface area (Å²) in [6.07, 6.45) is 0.673. The lowest BCUT2D eigenvalue weighted by Gasteiger charge is -2.09. The van der Waals surface area contributed by atoms with Crippen LogP contribution in [0.5, 0.6) is 0 Å². The van der Waals surface area contributed by atoms with Gasteiger partial charge in [0.05, 0.1) is 5.69 Å². The van der Waals surface area contributed by atoms with Crippen LogP contribution in [-0.4, -0.2) is 15.0 Å². The first-order valence-electron chi connectivity index (χ1n) is 4.76. The maximum atomic E-state index is 12.9. The fourth-order valence-corrected chi connectivity index (χ4v) is 2.07. The van der Waals surface area contributed by atoms with Crippen LogP contribution in [0.2, 0.25) is 0 Å². The average Bonchev–Trinajstić information content (AvgIpc) is 2.12. The highest BCUT2D eigenvalue weighted by Crippen LogP contribution is 2.16. The Morgan fingerprint density at radius 1 is 1.38 bits per heavy atom. The number of nitrogens with two attached hydrogens (primary N) is 1. The molecule has 0 aliphatic heterocycles. The largest absolute Gasteiger partial charge is 0.399 e. The topological polar surface area (TPSA) is 84.2 Å². The summed E-state index contributed by atoms with van der Waals surface area (Å²) in [6.45, 7) is 2.16. The highest BCUT2D eigenvalue weighted by atomic mass is 32.2. The lowest BCUT2D eigenvalue weighted by atomic mass is 10.3. The molecule has 16 heavy (non-hydrogen) atoms. The molecule has 0 atom stereocenters. The monoisotopic (exact) mass is 247 g/mol. The first-order valence-corrected chi connectivity index (χ1v) is 6.25. The number of rotatable bonds is 5. The van der Waals surface area contributed by atoms with Gasteiger partial charge in [-0.1, -0.05) is 6.92 Å². The zero-order valence-electron chi connectivity index (χ0n) is 8.83. The predicted molar refractivity (Wildman–Crippen MR) is 61.6 cm³/mol. The molecule has 5 nitrogen and oxygen atoms in total. The summed E-state index contributed by atoms with van der Waals surface area (Å²) < 4.78 is 40.2. The number of nitrogens with one attached hydrogen (secondary N) is 2. The summed E-state index contributed by atoms with van der Waals surface area (Å²) >= 11 is 0. The van der Waals surface area contributed by atoms with E-state index in [9.17, 15) is 12.8 Å². The molecule has 0 aromatic heterocycles. The Morgan fingerprint density at radius 2 is 2.06 bits per heavy atom. The summed E-state index contributed by atoms with van der Waals surface area (Å²) in [5.74, 6) is -0.590. The summed E-state index contributed by atoms with van der Waals surface area (Å²) in [5.41, 5.74) is 5.64. The number of nitrogen functional groups attached to an aromatic ring is 1. The second-order valence-electron chi connectivity index (χ2n) is 3.27. The van der Waals surface area contributed by atoms with E-state index in [4.69, 9.17) is 5.73 Å². The molecule has 0 spiro atoms. The fraction of sp³-hybridized carbons (Fsp3) is 0.333. The molecule has 0 saturated carbocycles. The van der Waals surface area contributed by atoms with E-state index in [1.165, 1.54) is 6.07 Å². The minimum Gasteiger partial charge on any atom is -0.399 e. The van der Waals surface area contributed by atoms with Crippen LogP contribution >= 0.6 is 0 Å². The smallest absolute Gasteiger partial charge is 0.299 e. The number of hydrogen-bond acceptors (Lipinski definition) is 3. The highest BCUT2D eigenvalue weighted by molar-refractivity contribution is 7.90. The van der Waals surface area contributed by atoms with Gasteiger partial charge in [-0.2, -0.15) is 13.1 Å². The molecule has 1 aromatic rings. The fourth-order valence-electron chi connectivity index (χ4n) is 1.10. The van der Waals surface area contributed by atoms with Crippen molar-refractivity contribution < 1.29 is 12.8 Å². The van der Waals surface area contributed by atoms with E-state index in [1.807, 2.05) is 6.92 Å². The van der Waals surface area contributed by atoms with E-state index in [0.29, 0.717) is 13.0 Å². The molecular formula is C9H14FN3O2S. The van der Waals surface area contributed by atoms with Gasteiger partial charge in [0.25, 0.3) is 10.2 Å². The van der Waals surface area contributed by atoms with Crippen molar-refractivity contribution in [3.8, 4) is 0 Å². The van der Waals surface area contributed by atoms with Gasteiger partial charge in [0.15, 0.2) is 0 Å². The summed E-state index contributed by atoms with van der Waals surface area (Å²) in [4.78, 5) is 0. The Hall–Kier alpha value is -1.34. The van der Waals surface area contributed by atoms with Gasteiger partial charge in [0.2, 0.25) is 0 Å². The number of anilines is 2.